The van der Waals surface area contributed by atoms with Crippen LogP contribution in [-0.2, 0) is 17.9 Å². The van der Waals surface area contributed by atoms with E-state index in [1.807, 2.05) is 45.9 Å². The van der Waals surface area contributed by atoms with Crippen LogP contribution >= 0.6 is 11.6 Å². The molecule has 1 amide bonds. The molecule has 0 unspecified atom stereocenters. The molecule has 0 saturated heterocycles. The molecule has 152 valence electrons. The second kappa shape index (κ2) is 10.3. The van der Waals surface area contributed by atoms with Crippen molar-refractivity contribution in [3.05, 3.63) is 52.8 Å². The Labute approximate surface area is 171 Å². The molecule has 0 spiro atoms. The van der Waals surface area contributed by atoms with Gasteiger partial charge in [-0.25, -0.2) is 0 Å². The highest BCUT2D eigenvalue weighted by atomic mass is 35.5. The van der Waals surface area contributed by atoms with Gasteiger partial charge in [-0.1, -0.05) is 11.6 Å². The maximum atomic E-state index is 12.0. The van der Waals surface area contributed by atoms with Crippen LogP contribution in [0.15, 0.2) is 36.7 Å². The van der Waals surface area contributed by atoms with Crippen LogP contribution in [-0.4, -0.2) is 29.6 Å². The average molecular weight is 406 g/mol. The van der Waals surface area contributed by atoms with Crippen molar-refractivity contribution in [2.24, 2.45) is 0 Å². The summed E-state index contributed by atoms with van der Waals surface area (Å²) in [5.41, 5.74) is 1.72. The summed E-state index contributed by atoms with van der Waals surface area (Å²) in [5, 5.41) is 6.76. The van der Waals surface area contributed by atoms with Crippen LogP contribution in [0.25, 0.3) is 0 Å². The van der Waals surface area contributed by atoms with Crippen molar-refractivity contribution in [1.82, 2.24) is 15.6 Å². The number of amides is 1. The summed E-state index contributed by atoms with van der Waals surface area (Å²) >= 11 is 6.42. The standard InChI is InChI=1S/C21H28ClN3O3/c1-5-27-18-10-16(13-24-12-15-6-8-23-9-7-15)17(22)11-19(18)28-14-20(26)25-21(2,3)4/h6-11,24H,5,12-14H2,1-4H3,(H,25,26). The van der Waals surface area contributed by atoms with E-state index in [9.17, 15) is 4.79 Å². The number of carbonyl (C=O) groups excluding carboxylic acids is 1. The summed E-state index contributed by atoms with van der Waals surface area (Å²) in [5.74, 6) is 0.819. The molecule has 2 aromatic rings. The summed E-state index contributed by atoms with van der Waals surface area (Å²) in [6, 6.07) is 7.46. The lowest BCUT2D eigenvalue weighted by molar-refractivity contribution is -0.124. The van der Waals surface area contributed by atoms with E-state index in [-0.39, 0.29) is 18.1 Å². The Morgan fingerprint density at radius 2 is 1.79 bits per heavy atom. The molecular weight excluding hydrogens is 378 g/mol. The minimum Gasteiger partial charge on any atom is -0.490 e. The molecule has 2 rings (SSSR count). The van der Waals surface area contributed by atoms with Gasteiger partial charge in [0, 0.05) is 42.1 Å². The highest BCUT2D eigenvalue weighted by molar-refractivity contribution is 6.31. The summed E-state index contributed by atoms with van der Waals surface area (Å²) in [4.78, 5) is 16.0. The zero-order valence-corrected chi connectivity index (χ0v) is 17.6. The molecule has 28 heavy (non-hydrogen) atoms. The number of ether oxygens (including phenoxy) is 2. The number of benzene rings is 1. The Morgan fingerprint density at radius 3 is 2.43 bits per heavy atom. The maximum Gasteiger partial charge on any atom is 0.258 e. The van der Waals surface area contributed by atoms with Crippen molar-refractivity contribution < 1.29 is 14.3 Å². The number of pyridine rings is 1. The first-order valence-corrected chi connectivity index (χ1v) is 9.65. The Hall–Kier alpha value is -2.31. The van der Waals surface area contributed by atoms with E-state index in [0.717, 1.165) is 11.1 Å². The van der Waals surface area contributed by atoms with Gasteiger partial charge in [0.05, 0.1) is 6.61 Å². The van der Waals surface area contributed by atoms with Crippen molar-refractivity contribution in [2.45, 2.75) is 46.3 Å². The number of carbonyl (C=O) groups is 1. The van der Waals surface area contributed by atoms with Crippen LogP contribution in [0.3, 0.4) is 0 Å². The van der Waals surface area contributed by atoms with Gasteiger partial charge in [-0.15, -0.1) is 0 Å². The molecule has 0 bridgehead atoms. The molecule has 0 aliphatic carbocycles. The minimum absolute atomic E-state index is 0.104. The second-order valence-electron chi connectivity index (χ2n) is 7.37. The molecule has 1 heterocycles. The van der Waals surface area contributed by atoms with Gasteiger partial charge in [0.2, 0.25) is 0 Å². The lowest BCUT2D eigenvalue weighted by Crippen LogP contribution is -2.43. The predicted molar refractivity (Wildman–Crippen MR) is 111 cm³/mol. The van der Waals surface area contributed by atoms with Gasteiger partial charge in [-0.3, -0.25) is 9.78 Å². The van der Waals surface area contributed by atoms with Crippen LogP contribution in [0.1, 0.15) is 38.8 Å². The molecule has 0 aliphatic heterocycles. The summed E-state index contributed by atoms with van der Waals surface area (Å²) in [6.07, 6.45) is 3.53. The van der Waals surface area contributed by atoms with Crippen molar-refractivity contribution in [3.63, 3.8) is 0 Å². The van der Waals surface area contributed by atoms with Crippen LogP contribution < -0.4 is 20.1 Å². The third-order valence-electron chi connectivity index (χ3n) is 3.68. The topological polar surface area (TPSA) is 72.5 Å². The Bertz CT molecular complexity index is 776. The Kier molecular flexibility index (Phi) is 8.08. The monoisotopic (exact) mass is 405 g/mol. The number of rotatable bonds is 9. The highest BCUT2D eigenvalue weighted by Gasteiger charge is 2.16. The van der Waals surface area contributed by atoms with E-state index in [0.29, 0.717) is 36.2 Å². The molecule has 1 aromatic carbocycles. The molecule has 7 heteroatoms. The summed E-state index contributed by atoms with van der Waals surface area (Å²) < 4.78 is 11.3. The van der Waals surface area contributed by atoms with Gasteiger partial charge in [0.15, 0.2) is 18.1 Å². The molecular formula is C21H28ClN3O3. The van der Waals surface area contributed by atoms with Gasteiger partial charge in [0.1, 0.15) is 0 Å². The second-order valence-corrected chi connectivity index (χ2v) is 7.78. The summed E-state index contributed by atoms with van der Waals surface area (Å²) in [6.45, 7) is 9.30. The molecule has 0 atom stereocenters. The molecule has 1 aromatic heterocycles. The first kappa shape index (κ1) is 22.0. The molecule has 0 fully saturated rings. The largest absolute Gasteiger partial charge is 0.490 e. The van der Waals surface area contributed by atoms with Gasteiger partial charge in [-0.2, -0.15) is 0 Å². The summed E-state index contributed by atoms with van der Waals surface area (Å²) in [7, 11) is 0. The number of nitrogens with zero attached hydrogens (tertiary/aromatic N) is 1. The van der Waals surface area contributed by atoms with Crippen molar-refractivity contribution in [1.29, 1.82) is 0 Å². The minimum atomic E-state index is -0.314. The highest BCUT2D eigenvalue weighted by Crippen LogP contribution is 2.33. The van der Waals surface area contributed by atoms with E-state index in [2.05, 4.69) is 15.6 Å². The lowest BCUT2D eigenvalue weighted by Gasteiger charge is -2.21. The van der Waals surface area contributed by atoms with Crippen LogP contribution in [0.5, 0.6) is 11.5 Å². The van der Waals surface area contributed by atoms with Gasteiger partial charge < -0.3 is 20.1 Å². The molecule has 2 N–H and O–H groups in total. The average Bonchev–Trinajstić information content (AvgIpc) is 2.62. The van der Waals surface area contributed by atoms with Gasteiger partial charge >= 0.3 is 0 Å². The van der Waals surface area contributed by atoms with E-state index in [1.165, 1.54) is 0 Å². The fourth-order valence-corrected chi connectivity index (χ4v) is 2.75. The predicted octanol–water partition coefficient (Wildman–Crippen LogP) is 3.72. The normalized spacial score (nSPS) is 11.2. The Morgan fingerprint density at radius 1 is 1.11 bits per heavy atom. The first-order chi connectivity index (χ1) is 13.3. The van der Waals surface area contributed by atoms with E-state index in [4.69, 9.17) is 21.1 Å². The molecule has 6 nitrogen and oxygen atoms in total. The van der Waals surface area contributed by atoms with Crippen LogP contribution in [0.2, 0.25) is 5.02 Å². The SMILES string of the molecule is CCOc1cc(CNCc2ccncc2)c(Cl)cc1OCC(=O)NC(C)(C)C. The maximum absolute atomic E-state index is 12.0. The van der Waals surface area contributed by atoms with Crippen LogP contribution in [0, 0.1) is 0 Å². The Balaban J connectivity index is 2.02. The molecule has 0 aliphatic rings. The van der Waals surface area contributed by atoms with E-state index in [1.54, 1.807) is 18.5 Å². The fourth-order valence-electron chi connectivity index (χ4n) is 2.53. The van der Waals surface area contributed by atoms with Crippen molar-refractivity contribution in [2.75, 3.05) is 13.2 Å². The van der Waals surface area contributed by atoms with Gasteiger partial charge in [0.25, 0.3) is 5.91 Å². The third-order valence-corrected chi connectivity index (χ3v) is 4.03. The van der Waals surface area contributed by atoms with Gasteiger partial charge in [-0.05, 0) is 57.0 Å². The van der Waals surface area contributed by atoms with Crippen molar-refractivity contribution in [3.8, 4) is 11.5 Å². The number of hydrogen-bond donors (Lipinski definition) is 2. The number of hydrogen-bond acceptors (Lipinski definition) is 5. The van der Waals surface area contributed by atoms with Crippen LogP contribution in [0.4, 0.5) is 0 Å². The van der Waals surface area contributed by atoms with Crippen molar-refractivity contribution >= 4 is 17.5 Å². The third kappa shape index (κ3) is 7.37. The fraction of sp³-hybridized carbons (Fsp3) is 0.429. The van der Waals surface area contributed by atoms with E-state index >= 15 is 0 Å². The first-order valence-electron chi connectivity index (χ1n) is 9.27. The zero-order valence-electron chi connectivity index (χ0n) is 16.8. The zero-order chi connectivity index (χ0) is 20.6. The molecule has 0 radical (unpaired) electrons. The van der Waals surface area contributed by atoms with E-state index < -0.39 is 0 Å². The lowest BCUT2D eigenvalue weighted by atomic mass is 10.1. The number of aromatic nitrogens is 1. The quantitative estimate of drug-likeness (QED) is 0.665. The number of nitrogens with one attached hydrogen (secondary N) is 2. The number of halogens is 1. The molecule has 0 saturated carbocycles. The smallest absolute Gasteiger partial charge is 0.258 e.